The fourth-order valence-corrected chi connectivity index (χ4v) is 3.71. The summed E-state index contributed by atoms with van der Waals surface area (Å²) in [7, 11) is 0. The van der Waals surface area contributed by atoms with Crippen molar-refractivity contribution in [1.82, 2.24) is 9.88 Å². The van der Waals surface area contributed by atoms with Crippen molar-refractivity contribution in [2.75, 3.05) is 18.8 Å². The van der Waals surface area contributed by atoms with Gasteiger partial charge in [-0.15, -0.1) is 11.3 Å². The second-order valence-corrected chi connectivity index (χ2v) is 6.76. The number of nitrogen functional groups attached to an aromatic ring is 1. The topological polar surface area (TPSA) is 96.5 Å². The first kappa shape index (κ1) is 16.4. The van der Waals surface area contributed by atoms with Gasteiger partial charge in [0, 0.05) is 29.7 Å². The molecular formula is C17H19N3O3S. The zero-order valence-corrected chi connectivity index (χ0v) is 14.0. The molecule has 7 heteroatoms. The number of piperidine rings is 1. The van der Waals surface area contributed by atoms with Crippen LogP contribution in [0.4, 0.5) is 5.69 Å². The molecule has 1 fully saturated rings. The number of anilines is 1. The fraction of sp³-hybridized carbons (Fsp3) is 0.353. The molecule has 0 spiro atoms. The number of rotatable bonds is 4. The molecule has 1 aromatic carbocycles. The number of hydrogen-bond acceptors (Lipinski definition) is 5. The number of carboxylic acids is 1. The zero-order valence-electron chi connectivity index (χ0n) is 13.1. The second-order valence-electron chi connectivity index (χ2n) is 5.90. The number of aliphatic carboxylic acids is 1. The zero-order chi connectivity index (χ0) is 17.1. The first-order valence-electron chi connectivity index (χ1n) is 7.84. The fourth-order valence-electron chi connectivity index (χ4n) is 2.85. The van der Waals surface area contributed by atoms with Crippen molar-refractivity contribution in [2.45, 2.75) is 19.3 Å². The highest BCUT2D eigenvalue weighted by Crippen LogP contribution is 2.29. The van der Waals surface area contributed by atoms with Crippen LogP contribution in [0, 0.1) is 5.92 Å². The van der Waals surface area contributed by atoms with Gasteiger partial charge in [-0.2, -0.15) is 0 Å². The maximum absolute atomic E-state index is 12.4. The first-order chi connectivity index (χ1) is 11.5. The molecule has 2 heterocycles. The summed E-state index contributed by atoms with van der Waals surface area (Å²) in [6.45, 7) is 0.997. The van der Waals surface area contributed by atoms with E-state index >= 15 is 0 Å². The van der Waals surface area contributed by atoms with Crippen molar-refractivity contribution in [3.05, 3.63) is 35.3 Å². The molecule has 0 radical (unpaired) electrons. The molecule has 1 saturated heterocycles. The summed E-state index contributed by atoms with van der Waals surface area (Å²) in [5, 5.41) is 11.7. The summed E-state index contributed by atoms with van der Waals surface area (Å²) in [4.78, 5) is 29.6. The molecular weight excluding hydrogens is 326 g/mol. The minimum atomic E-state index is -0.772. The number of benzene rings is 1. The third-order valence-electron chi connectivity index (χ3n) is 4.27. The average Bonchev–Trinajstić information content (AvgIpc) is 3.03. The number of carbonyl (C=O) groups excluding carboxylic acids is 1. The van der Waals surface area contributed by atoms with Crippen LogP contribution < -0.4 is 5.73 Å². The van der Waals surface area contributed by atoms with Gasteiger partial charge in [0.25, 0.3) is 0 Å². The van der Waals surface area contributed by atoms with Crippen LogP contribution in [0.3, 0.4) is 0 Å². The van der Waals surface area contributed by atoms with E-state index in [9.17, 15) is 9.59 Å². The molecule has 0 aliphatic carbocycles. The minimum absolute atomic E-state index is 0.00303. The van der Waals surface area contributed by atoms with Crippen molar-refractivity contribution in [3.63, 3.8) is 0 Å². The molecule has 0 atom stereocenters. The van der Waals surface area contributed by atoms with Gasteiger partial charge in [0.05, 0.1) is 18.0 Å². The van der Waals surface area contributed by atoms with E-state index in [1.54, 1.807) is 4.90 Å². The third kappa shape index (κ3) is 3.56. The van der Waals surface area contributed by atoms with Gasteiger partial charge >= 0.3 is 5.97 Å². The molecule has 1 amide bonds. The van der Waals surface area contributed by atoms with E-state index in [1.807, 2.05) is 29.6 Å². The summed E-state index contributed by atoms with van der Waals surface area (Å²) in [6.07, 6.45) is 1.27. The summed E-state index contributed by atoms with van der Waals surface area (Å²) in [6, 6.07) is 7.52. The lowest BCUT2D eigenvalue weighted by Gasteiger charge is -2.30. The number of amides is 1. The maximum Gasteiger partial charge on any atom is 0.306 e. The van der Waals surface area contributed by atoms with Gasteiger partial charge in [-0.25, -0.2) is 4.98 Å². The molecule has 3 N–H and O–H groups in total. The van der Waals surface area contributed by atoms with Gasteiger partial charge in [-0.1, -0.05) is 12.1 Å². The van der Waals surface area contributed by atoms with E-state index in [0.29, 0.717) is 31.6 Å². The van der Waals surface area contributed by atoms with Crippen molar-refractivity contribution >= 4 is 28.9 Å². The monoisotopic (exact) mass is 345 g/mol. The summed E-state index contributed by atoms with van der Waals surface area (Å²) in [5.74, 6) is -1.11. The molecule has 2 aromatic rings. The largest absolute Gasteiger partial charge is 0.481 e. The Morgan fingerprint density at radius 1 is 1.29 bits per heavy atom. The van der Waals surface area contributed by atoms with Gasteiger partial charge in [0.1, 0.15) is 5.01 Å². The molecule has 126 valence electrons. The van der Waals surface area contributed by atoms with Crippen LogP contribution in [0.1, 0.15) is 18.5 Å². The van der Waals surface area contributed by atoms with E-state index in [0.717, 1.165) is 16.3 Å². The Balaban J connectivity index is 1.62. The SMILES string of the molecule is Nc1ccccc1-c1nc(CC(=O)N2CCC(C(=O)O)CC2)cs1. The average molecular weight is 345 g/mol. The van der Waals surface area contributed by atoms with E-state index in [4.69, 9.17) is 10.8 Å². The molecule has 0 bridgehead atoms. The number of likely N-dealkylation sites (tertiary alicyclic amines) is 1. The third-order valence-corrected chi connectivity index (χ3v) is 5.20. The van der Waals surface area contributed by atoms with Crippen LogP contribution in [-0.2, 0) is 16.0 Å². The van der Waals surface area contributed by atoms with Gasteiger partial charge in [0.2, 0.25) is 5.91 Å². The quantitative estimate of drug-likeness (QED) is 0.829. The highest BCUT2D eigenvalue weighted by molar-refractivity contribution is 7.13. The summed E-state index contributed by atoms with van der Waals surface area (Å²) in [5.41, 5.74) is 8.23. The molecule has 6 nitrogen and oxygen atoms in total. The van der Waals surface area contributed by atoms with Crippen LogP contribution in [0.25, 0.3) is 10.6 Å². The predicted molar refractivity (Wildman–Crippen MR) is 92.6 cm³/mol. The van der Waals surface area contributed by atoms with Gasteiger partial charge in [-0.05, 0) is 25.0 Å². The molecule has 0 saturated carbocycles. The van der Waals surface area contributed by atoms with Crippen molar-refractivity contribution in [1.29, 1.82) is 0 Å². The van der Waals surface area contributed by atoms with Crippen LogP contribution >= 0.6 is 11.3 Å². The Bertz CT molecular complexity index is 751. The number of nitrogens with two attached hydrogens (primary N) is 1. The normalized spacial score (nSPS) is 15.4. The van der Waals surface area contributed by atoms with Crippen LogP contribution in [-0.4, -0.2) is 40.0 Å². The summed E-state index contributed by atoms with van der Waals surface area (Å²) >= 11 is 1.47. The lowest BCUT2D eigenvalue weighted by molar-refractivity contribution is -0.145. The van der Waals surface area contributed by atoms with E-state index < -0.39 is 5.97 Å². The number of para-hydroxylation sites is 1. The Labute approximate surface area is 143 Å². The van der Waals surface area contributed by atoms with Gasteiger partial charge in [-0.3, -0.25) is 9.59 Å². The number of carboxylic acid groups (broad SMARTS) is 1. The van der Waals surface area contributed by atoms with Crippen molar-refractivity contribution in [2.24, 2.45) is 5.92 Å². The van der Waals surface area contributed by atoms with Crippen molar-refractivity contribution in [3.8, 4) is 10.6 Å². The molecule has 0 unspecified atom stereocenters. The Morgan fingerprint density at radius 2 is 2.00 bits per heavy atom. The maximum atomic E-state index is 12.4. The molecule has 24 heavy (non-hydrogen) atoms. The number of hydrogen-bond donors (Lipinski definition) is 2. The van der Waals surface area contributed by atoms with E-state index in [1.165, 1.54) is 11.3 Å². The Morgan fingerprint density at radius 3 is 2.67 bits per heavy atom. The Hall–Kier alpha value is -2.41. The van der Waals surface area contributed by atoms with Crippen LogP contribution in [0.15, 0.2) is 29.6 Å². The van der Waals surface area contributed by atoms with Crippen LogP contribution in [0.5, 0.6) is 0 Å². The molecule has 1 aliphatic heterocycles. The second kappa shape index (κ2) is 7.00. The highest BCUT2D eigenvalue weighted by Gasteiger charge is 2.27. The van der Waals surface area contributed by atoms with Gasteiger partial charge < -0.3 is 15.7 Å². The van der Waals surface area contributed by atoms with E-state index in [2.05, 4.69) is 4.98 Å². The van der Waals surface area contributed by atoms with Gasteiger partial charge in [0.15, 0.2) is 0 Å². The molecule has 1 aliphatic rings. The lowest BCUT2D eigenvalue weighted by atomic mass is 9.97. The first-order valence-corrected chi connectivity index (χ1v) is 8.72. The predicted octanol–water partition coefficient (Wildman–Crippen LogP) is 2.26. The summed E-state index contributed by atoms with van der Waals surface area (Å²) < 4.78 is 0. The van der Waals surface area contributed by atoms with E-state index in [-0.39, 0.29) is 18.2 Å². The van der Waals surface area contributed by atoms with Crippen molar-refractivity contribution < 1.29 is 14.7 Å². The smallest absolute Gasteiger partial charge is 0.306 e. The molecule has 1 aromatic heterocycles. The minimum Gasteiger partial charge on any atom is -0.481 e. The number of aromatic nitrogens is 1. The highest BCUT2D eigenvalue weighted by atomic mass is 32.1. The lowest BCUT2D eigenvalue weighted by Crippen LogP contribution is -2.41. The van der Waals surface area contributed by atoms with Crippen LogP contribution in [0.2, 0.25) is 0 Å². The number of nitrogens with zero attached hydrogens (tertiary/aromatic N) is 2. The standard InChI is InChI=1S/C17H19N3O3S/c18-14-4-2-1-3-13(14)16-19-12(10-24-16)9-15(21)20-7-5-11(6-8-20)17(22)23/h1-4,10-11H,5-9,18H2,(H,22,23). The molecule has 3 rings (SSSR count). The number of thiazole rings is 1. The number of carbonyl (C=O) groups is 2. The Kier molecular flexibility index (Phi) is 4.80.